The summed E-state index contributed by atoms with van der Waals surface area (Å²) in [4.78, 5) is 58.9. The van der Waals surface area contributed by atoms with Crippen molar-refractivity contribution in [1.29, 1.82) is 0 Å². The molecule has 154 valence electrons. The molecule has 0 radical (unpaired) electrons. The van der Waals surface area contributed by atoms with Crippen molar-refractivity contribution in [3.63, 3.8) is 0 Å². The van der Waals surface area contributed by atoms with Gasteiger partial charge in [-0.15, -0.1) is 0 Å². The second-order valence-corrected chi connectivity index (χ2v) is 4.13. The fourth-order valence-electron chi connectivity index (χ4n) is 0. The van der Waals surface area contributed by atoms with Crippen molar-refractivity contribution in [3.8, 4) is 0 Å². The Bertz CT molecular complexity index is 314. The molecule has 0 rings (SSSR count). The number of hydrogen-bond acceptors (Lipinski definition) is 8. The molecule has 0 spiro atoms. The van der Waals surface area contributed by atoms with Crippen LogP contribution in [-0.2, 0) is 23.7 Å². The molecule has 0 aliphatic rings. The Hall–Kier alpha value is -1.09. The van der Waals surface area contributed by atoms with Crippen LogP contribution in [0.2, 0.25) is 0 Å². The number of hydrogen-bond donors (Lipinski definition) is 8. The number of carboxylic acid groups (broad SMARTS) is 4. The standard InChI is InChI=1S/C2H8N2.4C2H4O2.Na.H3O4P/c3-1-2-4;4*1-2(3)4;;1-5(2,3)4/h1-4H2;4*1H3,(H,3,4);;(H3,1,2,3,4)/q;;;;;+1;/p-1. The Balaban J connectivity index is -0.0000000331. The molecule has 0 fully saturated rings. The molecule has 0 aliphatic carbocycles. The maximum absolute atomic E-state index is 9.00. The van der Waals surface area contributed by atoms with E-state index < -0.39 is 31.7 Å². The van der Waals surface area contributed by atoms with Crippen molar-refractivity contribution in [2.24, 2.45) is 11.5 Å². The summed E-state index contributed by atoms with van der Waals surface area (Å²) in [5.74, 6) is -3.33. The summed E-state index contributed by atoms with van der Waals surface area (Å²) in [6.07, 6.45) is 0. The van der Waals surface area contributed by atoms with Crippen LogP contribution in [0.5, 0.6) is 0 Å². The minimum Gasteiger partial charge on any atom is -0.756 e. The van der Waals surface area contributed by atoms with Gasteiger partial charge in [0.1, 0.15) is 0 Å². The largest absolute Gasteiger partial charge is 1.00 e. The first-order valence-electron chi connectivity index (χ1n) is 5.79. The van der Waals surface area contributed by atoms with Gasteiger partial charge in [0.15, 0.2) is 0 Å². The van der Waals surface area contributed by atoms with E-state index in [0.29, 0.717) is 13.1 Å². The number of carboxylic acids is 4. The van der Waals surface area contributed by atoms with E-state index in [1.165, 1.54) is 0 Å². The average Bonchev–Trinajstić information content (AvgIpc) is 2.22. The summed E-state index contributed by atoms with van der Waals surface area (Å²) >= 11 is 0. The molecule has 10 N–H and O–H groups in total. The third-order valence-electron chi connectivity index (χ3n) is 0.167. The molecular formula is C10H26N2NaO12P. The second kappa shape index (κ2) is 35.1. The van der Waals surface area contributed by atoms with Crippen LogP contribution in [-0.4, -0.2) is 67.2 Å². The van der Waals surface area contributed by atoms with E-state index in [-0.39, 0.29) is 29.6 Å². The van der Waals surface area contributed by atoms with E-state index in [1.807, 2.05) is 0 Å². The number of rotatable bonds is 1. The first kappa shape index (κ1) is 44.4. The molecule has 0 saturated carbocycles. The number of carbonyl (C=O) groups is 4. The van der Waals surface area contributed by atoms with E-state index in [4.69, 9.17) is 70.3 Å². The van der Waals surface area contributed by atoms with Crippen LogP contribution in [0.1, 0.15) is 27.7 Å². The summed E-state index contributed by atoms with van der Waals surface area (Å²) in [6, 6.07) is 0. The molecule has 0 heterocycles. The maximum Gasteiger partial charge on any atom is 1.00 e. The van der Waals surface area contributed by atoms with E-state index in [0.717, 1.165) is 27.7 Å². The molecule has 0 aliphatic heterocycles. The van der Waals surface area contributed by atoms with Gasteiger partial charge in [0.05, 0.1) is 0 Å². The van der Waals surface area contributed by atoms with Gasteiger partial charge in [-0.2, -0.15) is 0 Å². The Morgan fingerprint density at radius 1 is 0.731 bits per heavy atom. The molecule has 0 aromatic rings. The zero-order valence-corrected chi connectivity index (χ0v) is 18.0. The van der Waals surface area contributed by atoms with Crippen LogP contribution in [0.15, 0.2) is 0 Å². The first-order valence-corrected chi connectivity index (χ1v) is 7.32. The predicted octanol–water partition coefficient (Wildman–Crippen LogP) is -5.29. The smallest absolute Gasteiger partial charge is 0.756 e. The summed E-state index contributed by atoms with van der Waals surface area (Å²) in [6.45, 7) is 5.53. The normalized spacial score (nSPS) is 7.27. The van der Waals surface area contributed by atoms with Crippen molar-refractivity contribution in [1.82, 2.24) is 0 Å². The van der Waals surface area contributed by atoms with Gasteiger partial charge in [-0.1, -0.05) is 0 Å². The molecule has 0 aromatic heterocycles. The van der Waals surface area contributed by atoms with Crippen LogP contribution in [0.4, 0.5) is 0 Å². The van der Waals surface area contributed by atoms with Crippen LogP contribution in [0.25, 0.3) is 0 Å². The van der Waals surface area contributed by atoms with Crippen LogP contribution >= 0.6 is 7.82 Å². The van der Waals surface area contributed by atoms with Crippen molar-refractivity contribution in [2.45, 2.75) is 27.7 Å². The van der Waals surface area contributed by atoms with Gasteiger partial charge in [-0.25, -0.2) is 0 Å². The van der Waals surface area contributed by atoms with Gasteiger partial charge in [-0.3, -0.25) is 23.7 Å². The Labute approximate surface area is 172 Å². The van der Waals surface area contributed by atoms with Crippen molar-refractivity contribution < 1.29 is 88.4 Å². The van der Waals surface area contributed by atoms with Gasteiger partial charge < -0.3 is 46.6 Å². The zero-order chi connectivity index (χ0) is 22.2. The number of nitrogens with two attached hydrogens (primary N) is 2. The molecule has 14 nitrogen and oxygen atoms in total. The van der Waals surface area contributed by atoms with Gasteiger partial charge in [0.25, 0.3) is 31.7 Å². The van der Waals surface area contributed by atoms with Crippen molar-refractivity contribution in [3.05, 3.63) is 0 Å². The number of aliphatic carboxylic acids is 4. The molecular weight excluding hydrogens is 394 g/mol. The van der Waals surface area contributed by atoms with E-state index >= 15 is 0 Å². The van der Waals surface area contributed by atoms with Crippen LogP contribution in [0, 0.1) is 0 Å². The average molecular weight is 420 g/mol. The first-order chi connectivity index (χ1) is 10.8. The molecule has 0 aromatic carbocycles. The predicted molar refractivity (Wildman–Crippen MR) is 83.4 cm³/mol. The summed E-state index contributed by atoms with van der Waals surface area (Å²) in [5, 5.41) is 29.7. The molecule has 16 heteroatoms. The van der Waals surface area contributed by atoms with E-state index in [1.54, 1.807) is 0 Å². The molecule has 26 heavy (non-hydrogen) atoms. The summed E-state index contributed by atoms with van der Waals surface area (Å²) < 4.78 is 8.77. The van der Waals surface area contributed by atoms with Gasteiger partial charge >= 0.3 is 29.6 Å². The minimum atomic E-state index is -4.89. The summed E-state index contributed by atoms with van der Waals surface area (Å²) in [7, 11) is -4.89. The SMILES string of the molecule is CC(=O)O.CC(=O)O.CC(=O)O.CC(=O)O.NCCN.O=P([O-])(O)O.[Na+]. The van der Waals surface area contributed by atoms with Gasteiger partial charge in [0, 0.05) is 40.8 Å². The Kier molecular flexibility index (Phi) is 59.9. The van der Waals surface area contributed by atoms with Crippen molar-refractivity contribution in [2.75, 3.05) is 13.1 Å². The van der Waals surface area contributed by atoms with Crippen molar-refractivity contribution >= 4 is 31.7 Å². The van der Waals surface area contributed by atoms with Crippen LogP contribution < -0.4 is 45.9 Å². The fourth-order valence-corrected chi connectivity index (χ4v) is 0. The molecule has 0 atom stereocenters. The molecule has 0 saturated heterocycles. The minimum absolute atomic E-state index is 0. The topological polar surface area (TPSA) is 282 Å². The molecule has 0 bridgehead atoms. The summed E-state index contributed by atoms with van der Waals surface area (Å²) in [5.41, 5.74) is 9.81. The molecule has 0 amide bonds. The van der Waals surface area contributed by atoms with E-state index in [9.17, 15) is 0 Å². The quantitative estimate of drug-likeness (QED) is 0.145. The Morgan fingerprint density at radius 2 is 0.769 bits per heavy atom. The zero-order valence-electron chi connectivity index (χ0n) is 15.1. The third kappa shape index (κ3) is 1360000. The second-order valence-electron chi connectivity index (χ2n) is 3.14. The van der Waals surface area contributed by atoms with Gasteiger partial charge in [-0.05, 0) is 0 Å². The van der Waals surface area contributed by atoms with Crippen LogP contribution in [0.3, 0.4) is 0 Å². The van der Waals surface area contributed by atoms with E-state index in [2.05, 4.69) is 0 Å². The monoisotopic (exact) mass is 420 g/mol. The third-order valence-corrected chi connectivity index (χ3v) is 0.167. The number of phosphoric acid groups is 1. The van der Waals surface area contributed by atoms with Gasteiger partial charge in [0.2, 0.25) is 0 Å². The Morgan fingerprint density at radius 3 is 0.769 bits per heavy atom. The maximum atomic E-state index is 9.00. The fraction of sp³-hybridized carbons (Fsp3) is 0.600. The molecule has 0 unspecified atom stereocenters.